The zero-order valence-electron chi connectivity index (χ0n) is 23.0. The molecule has 0 bridgehead atoms. The van der Waals surface area contributed by atoms with Crippen molar-refractivity contribution in [1.82, 2.24) is 19.5 Å². The van der Waals surface area contributed by atoms with Gasteiger partial charge in [0.25, 0.3) is 0 Å². The van der Waals surface area contributed by atoms with Crippen LogP contribution in [0.3, 0.4) is 0 Å². The fourth-order valence-electron chi connectivity index (χ4n) is 4.81. The van der Waals surface area contributed by atoms with Gasteiger partial charge in [-0.2, -0.15) is 5.10 Å². The molecule has 1 aliphatic heterocycles. The van der Waals surface area contributed by atoms with Gasteiger partial charge in [-0.3, -0.25) is 15.2 Å². The number of fused-ring (bicyclic) bond motifs is 1. The van der Waals surface area contributed by atoms with Crippen molar-refractivity contribution in [3.63, 3.8) is 0 Å². The third-order valence-electron chi connectivity index (χ3n) is 7.03. The van der Waals surface area contributed by atoms with Crippen LogP contribution in [0.2, 0.25) is 0 Å². The smallest absolute Gasteiger partial charge is 0.163 e. The first kappa shape index (κ1) is 28.2. The van der Waals surface area contributed by atoms with E-state index in [0.717, 1.165) is 47.1 Å². The number of aliphatic imine (C=N–C) groups is 1. The fourth-order valence-corrected chi connectivity index (χ4v) is 4.81. The van der Waals surface area contributed by atoms with Crippen molar-refractivity contribution in [1.29, 1.82) is 5.41 Å². The molecule has 0 unspecified atom stereocenters. The summed E-state index contributed by atoms with van der Waals surface area (Å²) in [6.07, 6.45) is 15.1. The number of hydrogen-bond donors (Lipinski definition) is 2. The molecule has 0 radical (unpaired) electrons. The molecule has 1 fully saturated rings. The van der Waals surface area contributed by atoms with E-state index in [9.17, 15) is 4.79 Å². The minimum atomic E-state index is 0.0605. The Morgan fingerprint density at radius 3 is 2.55 bits per heavy atom. The molecular weight excluding hydrogens is 498 g/mol. The molecule has 0 aliphatic carbocycles. The molecule has 1 aliphatic rings. The van der Waals surface area contributed by atoms with Gasteiger partial charge in [-0.15, -0.1) is 0 Å². The molecule has 1 aromatic carbocycles. The van der Waals surface area contributed by atoms with Crippen LogP contribution in [0, 0.1) is 5.41 Å². The lowest BCUT2D eigenvalue weighted by Crippen LogP contribution is -2.42. The number of hydrogen-bond acceptors (Lipinski definition) is 6. The maximum absolute atomic E-state index is 12.1. The van der Waals surface area contributed by atoms with Crippen molar-refractivity contribution in [3.8, 4) is 0 Å². The molecule has 1 saturated heterocycles. The second-order valence-corrected chi connectivity index (χ2v) is 9.66. The maximum Gasteiger partial charge on any atom is 0.163 e. The summed E-state index contributed by atoms with van der Waals surface area (Å²) >= 11 is 0. The van der Waals surface area contributed by atoms with Crippen LogP contribution in [0.25, 0.3) is 16.8 Å². The van der Waals surface area contributed by atoms with Crippen LogP contribution < -0.4 is 5.73 Å². The van der Waals surface area contributed by atoms with E-state index in [4.69, 9.17) is 16.1 Å². The van der Waals surface area contributed by atoms with Crippen molar-refractivity contribution in [2.24, 2.45) is 10.7 Å². The molecule has 40 heavy (non-hydrogen) atoms. The molecule has 3 aromatic rings. The molecule has 0 atom stereocenters. The number of carbonyl (C=O) groups excluding carboxylic acids is 1. The van der Waals surface area contributed by atoms with Crippen molar-refractivity contribution in [3.05, 3.63) is 114 Å². The highest BCUT2D eigenvalue weighted by atomic mass is 16.1. The monoisotopic (exact) mass is 533 g/mol. The van der Waals surface area contributed by atoms with Gasteiger partial charge in [-0.05, 0) is 43.4 Å². The second-order valence-electron chi connectivity index (χ2n) is 9.66. The summed E-state index contributed by atoms with van der Waals surface area (Å²) in [6, 6.07) is 10.2. The molecule has 8 heteroatoms. The highest BCUT2D eigenvalue weighted by Crippen LogP contribution is 2.31. The molecule has 2 aromatic heterocycles. The number of rotatable bonds is 9. The Kier molecular flexibility index (Phi) is 9.01. The molecule has 0 amide bonds. The van der Waals surface area contributed by atoms with Crippen LogP contribution in [0.1, 0.15) is 59.8 Å². The van der Waals surface area contributed by atoms with Crippen LogP contribution in [-0.4, -0.2) is 50.4 Å². The van der Waals surface area contributed by atoms with Gasteiger partial charge in [-0.1, -0.05) is 67.8 Å². The van der Waals surface area contributed by atoms with Crippen LogP contribution in [0.5, 0.6) is 0 Å². The normalized spacial score (nSPS) is 15.6. The Morgan fingerprint density at radius 1 is 1.20 bits per heavy atom. The van der Waals surface area contributed by atoms with Gasteiger partial charge in [0, 0.05) is 37.0 Å². The summed E-state index contributed by atoms with van der Waals surface area (Å²) in [5, 5.41) is 13.1. The number of benzene rings is 1. The van der Waals surface area contributed by atoms with E-state index in [1.807, 2.05) is 36.1 Å². The first-order chi connectivity index (χ1) is 19.4. The predicted octanol–water partition coefficient (Wildman–Crippen LogP) is 5.82. The van der Waals surface area contributed by atoms with Gasteiger partial charge >= 0.3 is 0 Å². The number of amidine groups is 1. The average molecular weight is 534 g/mol. The average Bonchev–Trinajstić information content (AvgIpc) is 3.39. The molecule has 4 rings (SSSR count). The molecule has 3 N–H and O–H groups in total. The molecule has 0 saturated carbocycles. The Morgan fingerprint density at radius 2 is 1.93 bits per heavy atom. The van der Waals surface area contributed by atoms with Crippen LogP contribution >= 0.6 is 0 Å². The van der Waals surface area contributed by atoms with E-state index in [1.54, 1.807) is 35.3 Å². The van der Waals surface area contributed by atoms with Crippen LogP contribution in [0.15, 0.2) is 97.1 Å². The Labute approximate surface area is 235 Å². The SMILES string of the molecule is C=C/C(=C\C=C(/C)c1ccccc1)c1cnn2cc(C=O)c(C3CCN(C(=N)C(=N/C=C\C)C(=C)N)CC3)nc12. The number of likely N-dealkylation sites (tertiary alicyclic amines) is 1. The van der Waals surface area contributed by atoms with Crippen molar-refractivity contribution >= 4 is 34.6 Å². The zero-order valence-corrected chi connectivity index (χ0v) is 23.0. The second kappa shape index (κ2) is 12.8. The molecule has 0 spiro atoms. The van der Waals surface area contributed by atoms with E-state index in [0.29, 0.717) is 30.0 Å². The summed E-state index contributed by atoms with van der Waals surface area (Å²) in [7, 11) is 0. The number of nitrogens with one attached hydrogen (secondary N) is 1. The highest BCUT2D eigenvalue weighted by molar-refractivity contribution is 6.46. The fraction of sp³-hybridized carbons (Fsp3) is 0.219. The molecule has 8 nitrogen and oxygen atoms in total. The van der Waals surface area contributed by atoms with E-state index < -0.39 is 0 Å². The minimum absolute atomic E-state index is 0.0605. The van der Waals surface area contributed by atoms with E-state index in [-0.39, 0.29) is 17.5 Å². The van der Waals surface area contributed by atoms with Crippen LogP contribution in [0.4, 0.5) is 0 Å². The number of aldehydes is 1. The first-order valence-electron chi connectivity index (χ1n) is 13.3. The van der Waals surface area contributed by atoms with E-state index in [1.165, 1.54) is 0 Å². The Balaban J connectivity index is 1.61. The summed E-state index contributed by atoms with van der Waals surface area (Å²) in [5.41, 5.74) is 12.5. The van der Waals surface area contributed by atoms with E-state index in [2.05, 4.69) is 48.4 Å². The first-order valence-corrected chi connectivity index (χ1v) is 13.3. The van der Waals surface area contributed by atoms with Crippen molar-refractivity contribution in [2.45, 2.75) is 32.6 Å². The summed E-state index contributed by atoms with van der Waals surface area (Å²) in [5.74, 6) is 0.311. The van der Waals surface area contributed by atoms with Crippen molar-refractivity contribution < 1.29 is 4.79 Å². The zero-order chi connectivity index (χ0) is 28.6. The summed E-state index contributed by atoms with van der Waals surface area (Å²) in [6.45, 7) is 12.9. The molecule has 204 valence electrons. The van der Waals surface area contributed by atoms with Gasteiger partial charge in [0.05, 0.1) is 23.2 Å². The number of aromatic nitrogens is 3. The number of carbonyl (C=O) groups is 1. The third-order valence-corrected chi connectivity index (χ3v) is 7.03. The summed E-state index contributed by atoms with van der Waals surface area (Å²) < 4.78 is 1.65. The summed E-state index contributed by atoms with van der Waals surface area (Å²) in [4.78, 5) is 23.3. The lowest BCUT2D eigenvalue weighted by Gasteiger charge is -2.34. The number of nitrogens with zero attached hydrogens (tertiary/aromatic N) is 5. The number of piperidine rings is 1. The lowest BCUT2D eigenvalue weighted by atomic mass is 9.90. The molecule has 3 heterocycles. The predicted molar refractivity (Wildman–Crippen MR) is 163 cm³/mol. The van der Waals surface area contributed by atoms with Crippen molar-refractivity contribution in [2.75, 3.05) is 13.1 Å². The van der Waals surface area contributed by atoms with Gasteiger partial charge in [0.2, 0.25) is 0 Å². The van der Waals surface area contributed by atoms with Crippen LogP contribution in [-0.2, 0) is 0 Å². The number of allylic oxidation sites excluding steroid dienone is 6. The quantitative estimate of drug-likeness (QED) is 0.156. The van der Waals surface area contributed by atoms with Gasteiger partial charge < -0.3 is 10.6 Å². The Bertz CT molecular complexity index is 1550. The number of nitrogens with two attached hydrogens (primary N) is 1. The third kappa shape index (κ3) is 6.07. The maximum atomic E-state index is 12.1. The largest absolute Gasteiger partial charge is 0.397 e. The standard InChI is InChI=1S/C32H35N7O/c1-5-16-35-29(23(4)33)31(34)38-17-14-26(15-18-38)30-27(21-40)20-39-32(37-30)28(19-36-39)24(6-2)13-12-22(3)25-10-8-7-9-11-25/h5-13,16,19-21,26,34H,2,4,14-15,17-18,33H2,1,3H3/b16-5-,22-12+,24-13+,34-31?,35-29?. The topological polar surface area (TPSA) is 113 Å². The van der Waals surface area contributed by atoms with Gasteiger partial charge in [-0.25, -0.2) is 9.50 Å². The lowest BCUT2D eigenvalue weighted by molar-refractivity contribution is 0.112. The Hall–Kier alpha value is -4.85. The minimum Gasteiger partial charge on any atom is -0.397 e. The van der Waals surface area contributed by atoms with Gasteiger partial charge in [0.15, 0.2) is 11.9 Å². The molecular formula is C32H35N7O. The highest BCUT2D eigenvalue weighted by Gasteiger charge is 2.28. The van der Waals surface area contributed by atoms with E-state index >= 15 is 0 Å². The van der Waals surface area contributed by atoms with Gasteiger partial charge in [0.1, 0.15) is 11.5 Å².